The van der Waals surface area contributed by atoms with Gasteiger partial charge in [0.1, 0.15) is 11.9 Å². The average molecular weight is 341 g/mol. The Morgan fingerprint density at radius 1 is 1.25 bits per heavy atom. The van der Waals surface area contributed by atoms with Gasteiger partial charge in [0.15, 0.2) is 0 Å². The lowest BCUT2D eigenvalue weighted by Crippen LogP contribution is -2.37. The van der Waals surface area contributed by atoms with E-state index in [2.05, 4.69) is 58.9 Å². The summed E-state index contributed by atoms with van der Waals surface area (Å²) in [5, 5.41) is 2.36. The maximum Gasteiger partial charge on any atom is 0.129 e. The number of hydrogen-bond donors (Lipinski definition) is 0. The van der Waals surface area contributed by atoms with Crippen LogP contribution in [0.2, 0.25) is 0 Å². The number of aryl methyl sites for hydroxylation is 2. The maximum absolute atomic E-state index is 6.33. The second-order valence-electron chi connectivity index (χ2n) is 6.55. The van der Waals surface area contributed by atoms with Crippen LogP contribution >= 0.6 is 11.3 Å². The van der Waals surface area contributed by atoms with Crippen LogP contribution in [0.5, 0.6) is 5.75 Å². The van der Waals surface area contributed by atoms with E-state index in [0.717, 1.165) is 43.2 Å². The summed E-state index contributed by atoms with van der Waals surface area (Å²) < 4.78 is 8.48. The summed E-state index contributed by atoms with van der Waals surface area (Å²) in [7, 11) is 2.08. The normalized spacial score (nSPS) is 16.8. The van der Waals surface area contributed by atoms with Crippen molar-refractivity contribution < 1.29 is 4.74 Å². The molecule has 24 heavy (non-hydrogen) atoms. The minimum atomic E-state index is 0.315. The minimum Gasteiger partial charge on any atom is -0.490 e. The fourth-order valence-electron chi connectivity index (χ4n) is 3.44. The van der Waals surface area contributed by atoms with Crippen LogP contribution in [0, 0.1) is 6.92 Å². The molecular formula is C19H23N3OS. The first-order valence-corrected chi connectivity index (χ1v) is 9.35. The van der Waals surface area contributed by atoms with Crippen LogP contribution < -0.4 is 4.74 Å². The third-order valence-corrected chi connectivity index (χ3v) is 5.66. The predicted molar refractivity (Wildman–Crippen MR) is 98.7 cm³/mol. The molecule has 1 saturated heterocycles. The lowest BCUT2D eigenvalue weighted by atomic mass is 10.1. The van der Waals surface area contributed by atoms with Crippen LogP contribution in [-0.2, 0) is 13.6 Å². The molecule has 1 aliphatic heterocycles. The van der Waals surface area contributed by atoms with Crippen LogP contribution in [0.3, 0.4) is 0 Å². The molecule has 2 aromatic heterocycles. The van der Waals surface area contributed by atoms with Crippen molar-refractivity contribution in [3.05, 3.63) is 46.5 Å². The Hall–Kier alpha value is -1.85. The predicted octanol–water partition coefficient (Wildman–Crippen LogP) is 3.99. The van der Waals surface area contributed by atoms with E-state index < -0.39 is 0 Å². The first-order chi connectivity index (χ1) is 11.7. The van der Waals surface area contributed by atoms with Gasteiger partial charge in [-0.25, -0.2) is 4.98 Å². The highest BCUT2D eigenvalue weighted by atomic mass is 32.1. The number of hydrogen-bond acceptors (Lipinski definition) is 4. The topological polar surface area (TPSA) is 30.3 Å². The summed E-state index contributed by atoms with van der Waals surface area (Å²) in [6.07, 6.45) is 6.59. The molecule has 126 valence electrons. The van der Waals surface area contributed by atoms with Crippen LogP contribution in [0.25, 0.3) is 10.9 Å². The van der Waals surface area contributed by atoms with E-state index in [0.29, 0.717) is 6.10 Å². The molecule has 4 rings (SSSR count). The molecule has 0 N–H and O–H groups in total. The van der Waals surface area contributed by atoms with Gasteiger partial charge in [-0.05, 0) is 38.0 Å². The van der Waals surface area contributed by atoms with Crippen LogP contribution in [0.1, 0.15) is 22.7 Å². The Morgan fingerprint density at radius 2 is 2.08 bits per heavy atom. The lowest BCUT2D eigenvalue weighted by Gasteiger charge is -2.31. The Kier molecular flexibility index (Phi) is 4.29. The smallest absolute Gasteiger partial charge is 0.129 e. The number of thiazole rings is 1. The second kappa shape index (κ2) is 6.57. The lowest BCUT2D eigenvalue weighted by molar-refractivity contribution is 0.0985. The Bertz CT molecular complexity index is 830. The van der Waals surface area contributed by atoms with Gasteiger partial charge in [0, 0.05) is 49.3 Å². The fraction of sp³-hybridized carbons (Fsp3) is 0.421. The van der Waals surface area contributed by atoms with E-state index in [9.17, 15) is 0 Å². The Balaban J connectivity index is 1.37. The molecule has 5 heteroatoms. The highest BCUT2D eigenvalue weighted by molar-refractivity contribution is 7.11. The summed E-state index contributed by atoms with van der Waals surface area (Å²) in [4.78, 5) is 8.22. The number of benzene rings is 1. The first kappa shape index (κ1) is 15.7. The summed E-state index contributed by atoms with van der Waals surface area (Å²) in [5.41, 5.74) is 1.23. The van der Waals surface area contributed by atoms with Gasteiger partial charge < -0.3 is 9.30 Å². The number of piperidine rings is 1. The number of fused-ring (bicyclic) bond motifs is 1. The third kappa shape index (κ3) is 3.19. The van der Waals surface area contributed by atoms with E-state index >= 15 is 0 Å². The van der Waals surface area contributed by atoms with Crippen molar-refractivity contribution in [1.29, 1.82) is 0 Å². The zero-order valence-corrected chi connectivity index (χ0v) is 15.1. The summed E-state index contributed by atoms with van der Waals surface area (Å²) >= 11 is 1.80. The molecule has 0 amide bonds. The van der Waals surface area contributed by atoms with E-state index in [1.807, 2.05) is 6.20 Å². The monoisotopic (exact) mass is 341 g/mol. The number of aromatic nitrogens is 2. The zero-order valence-electron chi connectivity index (χ0n) is 14.2. The van der Waals surface area contributed by atoms with Gasteiger partial charge in [0.05, 0.1) is 10.5 Å². The SMILES string of the molecule is Cc1ncc(CN2CCC(Oc3cccc4c3ccn4C)CC2)s1. The number of likely N-dealkylation sites (tertiary alicyclic amines) is 1. The average Bonchev–Trinajstić information content (AvgIpc) is 3.16. The molecule has 1 aliphatic rings. The molecule has 0 saturated carbocycles. The van der Waals surface area contributed by atoms with E-state index in [-0.39, 0.29) is 0 Å². The van der Waals surface area contributed by atoms with Gasteiger partial charge in [-0.15, -0.1) is 11.3 Å². The third-order valence-electron chi connectivity index (χ3n) is 4.76. The van der Waals surface area contributed by atoms with Crippen LogP contribution in [-0.4, -0.2) is 33.6 Å². The van der Waals surface area contributed by atoms with E-state index in [1.165, 1.54) is 15.8 Å². The summed E-state index contributed by atoms with van der Waals surface area (Å²) in [6.45, 7) is 5.27. The number of ether oxygens (including phenoxy) is 1. The molecule has 3 heterocycles. The van der Waals surface area contributed by atoms with Gasteiger partial charge in [-0.2, -0.15) is 0 Å². The molecule has 0 unspecified atom stereocenters. The van der Waals surface area contributed by atoms with Gasteiger partial charge in [-0.1, -0.05) is 6.07 Å². The standard InChI is InChI=1S/C19H23N3OS/c1-14-20-12-16(24-14)13-22-10-6-15(7-11-22)23-19-5-3-4-18-17(19)8-9-21(18)2/h3-5,8-9,12,15H,6-7,10-11,13H2,1-2H3. The van der Waals surface area contributed by atoms with Crippen molar-refractivity contribution in [2.75, 3.05) is 13.1 Å². The number of rotatable bonds is 4. The minimum absolute atomic E-state index is 0.315. The summed E-state index contributed by atoms with van der Waals surface area (Å²) in [5.74, 6) is 1.02. The molecule has 0 aliphatic carbocycles. The molecule has 1 aromatic carbocycles. The molecule has 0 atom stereocenters. The molecular weight excluding hydrogens is 318 g/mol. The Morgan fingerprint density at radius 3 is 2.83 bits per heavy atom. The maximum atomic E-state index is 6.33. The molecule has 3 aromatic rings. The van der Waals surface area contributed by atoms with Crippen molar-refractivity contribution in [1.82, 2.24) is 14.5 Å². The molecule has 0 spiro atoms. The molecule has 0 bridgehead atoms. The van der Waals surface area contributed by atoms with Crippen molar-refractivity contribution in [2.45, 2.75) is 32.4 Å². The second-order valence-corrected chi connectivity index (χ2v) is 7.87. The molecule has 0 radical (unpaired) electrons. The quantitative estimate of drug-likeness (QED) is 0.719. The van der Waals surface area contributed by atoms with Crippen molar-refractivity contribution in [2.24, 2.45) is 7.05 Å². The zero-order chi connectivity index (χ0) is 16.5. The van der Waals surface area contributed by atoms with Crippen molar-refractivity contribution in [3.8, 4) is 5.75 Å². The van der Waals surface area contributed by atoms with Crippen molar-refractivity contribution in [3.63, 3.8) is 0 Å². The highest BCUT2D eigenvalue weighted by Crippen LogP contribution is 2.29. The molecule has 4 nitrogen and oxygen atoms in total. The number of nitrogens with zero attached hydrogens (tertiary/aromatic N) is 3. The highest BCUT2D eigenvalue weighted by Gasteiger charge is 2.21. The van der Waals surface area contributed by atoms with Gasteiger partial charge in [-0.3, -0.25) is 4.90 Å². The fourth-order valence-corrected chi connectivity index (χ4v) is 4.28. The van der Waals surface area contributed by atoms with Gasteiger partial charge >= 0.3 is 0 Å². The largest absolute Gasteiger partial charge is 0.490 e. The van der Waals surface area contributed by atoms with E-state index in [1.54, 1.807) is 11.3 Å². The summed E-state index contributed by atoms with van der Waals surface area (Å²) in [6, 6.07) is 8.46. The van der Waals surface area contributed by atoms with Crippen LogP contribution in [0.15, 0.2) is 36.7 Å². The van der Waals surface area contributed by atoms with Crippen LogP contribution in [0.4, 0.5) is 0 Å². The molecule has 1 fully saturated rings. The van der Waals surface area contributed by atoms with Crippen molar-refractivity contribution >= 4 is 22.2 Å². The van der Waals surface area contributed by atoms with Gasteiger partial charge in [0.2, 0.25) is 0 Å². The van der Waals surface area contributed by atoms with E-state index in [4.69, 9.17) is 4.74 Å². The Labute approximate surface area is 146 Å². The first-order valence-electron chi connectivity index (χ1n) is 8.53. The van der Waals surface area contributed by atoms with Gasteiger partial charge in [0.25, 0.3) is 0 Å².